The lowest BCUT2D eigenvalue weighted by Crippen LogP contribution is -2.33. The third-order valence-electron chi connectivity index (χ3n) is 5.66. The highest BCUT2D eigenvalue weighted by atomic mass is 32.1. The van der Waals surface area contributed by atoms with Gasteiger partial charge in [-0.05, 0) is 37.3 Å². The van der Waals surface area contributed by atoms with Gasteiger partial charge in [-0.2, -0.15) is 0 Å². The van der Waals surface area contributed by atoms with Gasteiger partial charge in [0.1, 0.15) is 11.6 Å². The molecule has 1 atom stereocenters. The van der Waals surface area contributed by atoms with Crippen molar-refractivity contribution in [1.29, 1.82) is 0 Å². The van der Waals surface area contributed by atoms with Gasteiger partial charge in [-0.15, -0.1) is 0 Å². The number of hydrogen-bond acceptors (Lipinski definition) is 5. The van der Waals surface area contributed by atoms with Gasteiger partial charge in [0, 0.05) is 61.2 Å². The Morgan fingerprint density at radius 1 is 1.20 bits per heavy atom. The first-order valence-corrected chi connectivity index (χ1v) is 10.9. The molecule has 0 radical (unpaired) electrons. The van der Waals surface area contributed by atoms with Crippen molar-refractivity contribution in [2.75, 3.05) is 19.6 Å². The van der Waals surface area contributed by atoms with Crippen LogP contribution in [0.4, 0.5) is 13.8 Å². The Labute approximate surface area is 177 Å². The fourth-order valence-electron chi connectivity index (χ4n) is 3.98. The maximum Gasteiger partial charge on any atom is 0.324 e. The number of nitro groups is 1. The van der Waals surface area contributed by atoms with E-state index in [-0.39, 0.29) is 29.3 Å². The standard InChI is InChI=1S/C21H23F2N3O3S/c22-17-4-3-16(19(23)9-17)12-24(13-18-5-6-20(30-18)26(28)29)10-14-7-8-25(11-14)21(27)15-1-2-15/h3-6,9,14-15H,1-2,7-8,10-13H2. The molecule has 30 heavy (non-hydrogen) atoms. The highest BCUT2D eigenvalue weighted by molar-refractivity contribution is 7.15. The summed E-state index contributed by atoms with van der Waals surface area (Å²) in [6.07, 6.45) is 2.84. The molecule has 4 rings (SSSR count). The van der Waals surface area contributed by atoms with Crippen LogP contribution in [0.15, 0.2) is 30.3 Å². The summed E-state index contributed by atoms with van der Waals surface area (Å²) in [4.78, 5) is 27.7. The first-order chi connectivity index (χ1) is 14.4. The molecule has 1 aromatic carbocycles. The fourth-order valence-corrected chi connectivity index (χ4v) is 4.84. The highest BCUT2D eigenvalue weighted by Crippen LogP contribution is 2.33. The topological polar surface area (TPSA) is 66.7 Å². The molecule has 6 nitrogen and oxygen atoms in total. The number of halogens is 2. The van der Waals surface area contributed by atoms with E-state index in [1.54, 1.807) is 6.07 Å². The van der Waals surface area contributed by atoms with Gasteiger partial charge < -0.3 is 4.90 Å². The number of thiophene rings is 1. The average molecular weight is 435 g/mol. The largest absolute Gasteiger partial charge is 0.342 e. The number of carbonyl (C=O) groups excluding carboxylic acids is 1. The molecule has 1 saturated carbocycles. The molecular weight excluding hydrogens is 412 g/mol. The summed E-state index contributed by atoms with van der Waals surface area (Å²) in [6.45, 7) is 2.76. The molecule has 2 fully saturated rings. The van der Waals surface area contributed by atoms with Gasteiger partial charge in [0.15, 0.2) is 0 Å². The minimum Gasteiger partial charge on any atom is -0.342 e. The number of amides is 1. The van der Waals surface area contributed by atoms with Crippen LogP contribution in [0, 0.1) is 33.6 Å². The van der Waals surface area contributed by atoms with E-state index in [1.807, 2.05) is 9.80 Å². The van der Waals surface area contributed by atoms with Gasteiger partial charge in [0.05, 0.1) is 4.92 Å². The summed E-state index contributed by atoms with van der Waals surface area (Å²) in [7, 11) is 0. The molecule has 1 aliphatic heterocycles. The maximum atomic E-state index is 14.2. The van der Waals surface area contributed by atoms with Crippen molar-refractivity contribution in [2.24, 2.45) is 11.8 Å². The number of carbonyl (C=O) groups is 1. The molecule has 1 aromatic heterocycles. The molecule has 2 aromatic rings. The molecule has 0 spiro atoms. The van der Waals surface area contributed by atoms with E-state index in [2.05, 4.69) is 0 Å². The third-order valence-corrected chi connectivity index (χ3v) is 6.68. The molecule has 2 aliphatic rings. The quantitative estimate of drug-likeness (QED) is 0.461. The van der Waals surface area contributed by atoms with Crippen LogP contribution in [-0.4, -0.2) is 40.3 Å². The smallest absolute Gasteiger partial charge is 0.324 e. The zero-order valence-electron chi connectivity index (χ0n) is 16.4. The van der Waals surface area contributed by atoms with Crippen LogP contribution in [0.2, 0.25) is 0 Å². The molecule has 1 unspecified atom stereocenters. The molecule has 1 saturated heterocycles. The minimum atomic E-state index is -0.623. The first-order valence-electron chi connectivity index (χ1n) is 10.1. The normalized spacial score (nSPS) is 18.9. The van der Waals surface area contributed by atoms with Crippen LogP contribution in [0.5, 0.6) is 0 Å². The Balaban J connectivity index is 1.46. The Hall–Kier alpha value is -2.39. The van der Waals surface area contributed by atoms with Crippen molar-refractivity contribution in [3.8, 4) is 0 Å². The summed E-state index contributed by atoms with van der Waals surface area (Å²) in [5.74, 6) is -0.538. The van der Waals surface area contributed by atoms with Gasteiger partial charge in [0.2, 0.25) is 5.91 Å². The number of benzene rings is 1. The van der Waals surface area contributed by atoms with Crippen LogP contribution in [0.1, 0.15) is 29.7 Å². The van der Waals surface area contributed by atoms with E-state index in [0.29, 0.717) is 25.2 Å². The maximum absolute atomic E-state index is 14.2. The van der Waals surface area contributed by atoms with Crippen LogP contribution >= 0.6 is 11.3 Å². The molecular formula is C21H23F2N3O3S. The Bertz CT molecular complexity index is 947. The Kier molecular flexibility index (Phi) is 6.10. The van der Waals surface area contributed by atoms with Crippen LogP contribution in [0.25, 0.3) is 0 Å². The van der Waals surface area contributed by atoms with Crippen molar-refractivity contribution in [3.63, 3.8) is 0 Å². The zero-order chi connectivity index (χ0) is 21.3. The first kappa shape index (κ1) is 20.9. The summed E-state index contributed by atoms with van der Waals surface area (Å²) >= 11 is 1.10. The molecule has 160 valence electrons. The molecule has 1 amide bonds. The Morgan fingerprint density at radius 3 is 2.67 bits per heavy atom. The molecule has 9 heteroatoms. The third kappa shape index (κ3) is 5.02. The van der Waals surface area contributed by atoms with E-state index in [0.717, 1.165) is 48.1 Å². The van der Waals surface area contributed by atoms with Crippen LogP contribution < -0.4 is 0 Å². The lowest BCUT2D eigenvalue weighted by Gasteiger charge is -2.25. The van der Waals surface area contributed by atoms with Gasteiger partial charge in [0.25, 0.3) is 0 Å². The van der Waals surface area contributed by atoms with E-state index >= 15 is 0 Å². The second kappa shape index (κ2) is 8.77. The summed E-state index contributed by atoms with van der Waals surface area (Å²) in [5, 5.41) is 11.1. The van der Waals surface area contributed by atoms with Crippen molar-refractivity contribution in [2.45, 2.75) is 32.4 Å². The van der Waals surface area contributed by atoms with Crippen molar-refractivity contribution < 1.29 is 18.5 Å². The van der Waals surface area contributed by atoms with Crippen LogP contribution in [-0.2, 0) is 17.9 Å². The second-order valence-corrected chi connectivity index (χ2v) is 9.26. The lowest BCUT2D eigenvalue weighted by molar-refractivity contribution is -0.380. The molecule has 2 heterocycles. The minimum absolute atomic E-state index is 0.0694. The zero-order valence-corrected chi connectivity index (χ0v) is 17.2. The summed E-state index contributed by atoms with van der Waals surface area (Å²) in [6, 6.07) is 6.73. The van der Waals surface area contributed by atoms with Crippen molar-refractivity contribution >= 4 is 22.2 Å². The monoisotopic (exact) mass is 435 g/mol. The van der Waals surface area contributed by atoms with E-state index in [4.69, 9.17) is 0 Å². The predicted octanol–water partition coefficient (Wildman–Crippen LogP) is 4.20. The van der Waals surface area contributed by atoms with E-state index in [9.17, 15) is 23.7 Å². The van der Waals surface area contributed by atoms with Gasteiger partial charge >= 0.3 is 5.00 Å². The van der Waals surface area contributed by atoms with Crippen molar-refractivity contribution in [3.05, 3.63) is 62.5 Å². The lowest BCUT2D eigenvalue weighted by atomic mass is 10.1. The average Bonchev–Trinajstić information content (AvgIpc) is 3.26. The summed E-state index contributed by atoms with van der Waals surface area (Å²) < 4.78 is 27.5. The van der Waals surface area contributed by atoms with Crippen LogP contribution in [0.3, 0.4) is 0 Å². The number of likely N-dealkylation sites (tertiary alicyclic amines) is 1. The second-order valence-electron chi connectivity index (χ2n) is 8.12. The highest BCUT2D eigenvalue weighted by Gasteiger charge is 2.37. The number of hydrogen-bond donors (Lipinski definition) is 0. The summed E-state index contributed by atoms with van der Waals surface area (Å²) in [5.41, 5.74) is 0.381. The Morgan fingerprint density at radius 2 is 2.00 bits per heavy atom. The van der Waals surface area contributed by atoms with E-state index < -0.39 is 16.6 Å². The molecule has 1 aliphatic carbocycles. The fraction of sp³-hybridized carbons (Fsp3) is 0.476. The molecule has 0 N–H and O–H groups in total. The predicted molar refractivity (Wildman–Crippen MR) is 109 cm³/mol. The van der Waals surface area contributed by atoms with E-state index in [1.165, 1.54) is 18.2 Å². The molecule has 0 bridgehead atoms. The number of nitrogens with zero attached hydrogens (tertiary/aromatic N) is 3. The van der Waals surface area contributed by atoms with Gasteiger partial charge in [-0.1, -0.05) is 17.4 Å². The van der Waals surface area contributed by atoms with Gasteiger partial charge in [-0.3, -0.25) is 19.8 Å². The number of rotatable bonds is 8. The van der Waals surface area contributed by atoms with Crippen molar-refractivity contribution in [1.82, 2.24) is 9.80 Å². The van der Waals surface area contributed by atoms with Gasteiger partial charge in [-0.25, -0.2) is 8.78 Å². The SMILES string of the molecule is O=C(C1CC1)N1CCC(CN(Cc2ccc([N+](=O)[O-])s2)Cc2ccc(F)cc2F)C1.